The summed E-state index contributed by atoms with van der Waals surface area (Å²) in [5.41, 5.74) is 0. The first-order chi connectivity index (χ1) is 27.9. The Morgan fingerprint density at radius 1 is 0.333 bits per heavy atom. The first-order valence-electron chi connectivity index (χ1n) is 25.4. The van der Waals surface area contributed by atoms with Crippen LogP contribution in [0.15, 0.2) is 0 Å². The van der Waals surface area contributed by atoms with Gasteiger partial charge in [-0.15, -0.1) is 0 Å². The van der Waals surface area contributed by atoms with Gasteiger partial charge in [-0.2, -0.15) is 0 Å². The third-order valence-electron chi connectivity index (χ3n) is 11.5. The number of ether oxygens (including phenoxy) is 3. The van der Waals surface area contributed by atoms with Crippen molar-refractivity contribution in [2.24, 2.45) is 5.92 Å². The SMILES string of the molecule is CCCCCCCCCCCCCCCCCCCCC(=O)OC[C@@H](COC(=O)CCCCCCCCCCCCCCCC(C)C)OC(=O)CCCCCCC. The Balaban J connectivity index is 4.06. The minimum absolute atomic E-state index is 0.0645. The van der Waals surface area contributed by atoms with Crippen LogP contribution in [0, 0.1) is 5.92 Å². The van der Waals surface area contributed by atoms with E-state index in [-0.39, 0.29) is 31.1 Å². The summed E-state index contributed by atoms with van der Waals surface area (Å²) in [5, 5.41) is 0. The summed E-state index contributed by atoms with van der Waals surface area (Å²) in [7, 11) is 0. The zero-order chi connectivity index (χ0) is 41.7. The minimum Gasteiger partial charge on any atom is -0.462 e. The largest absolute Gasteiger partial charge is 0.462 e. The number of hydrogen-bond acceptors (Lipinski definition) is 6. The van der Waals surface area contributed by atoms with Gasteiger partial charge in [0.25, 0.3) is 0 Å². The van der Waals surface area contributed by atoms with E-state index >= 15 is 0 Å². The van der Waals surface area contributed by atoms with Crippen molar-refractivity contribution in [3.8, 4) is 0 Å². The monoisotopic (exact) mass is 807 g/mol. The molecule has 0 aliphatic heterocycles. The van der Waals surface area contributed by atoms with Crippen LogP contribution in [0.3, 0.4) is 0 Å². The van der Waals surface area contributed by atoms with Gasteiger partial charge in [-0.25, -0.2) is 0 Å². The number of carbonyl (C=O) groups is 3. The lowest BCUT2D eigenvalue weighted by Gasteiger charge is -2.18. The Hall–Kier alpha value is -1.59. The van der Waals surface area contributed by atoms with E-state index in [0.29, 0.717) is 19.3 Å². The third-order valence-corrected chi connectivity index (χ3v) is 11.5. The molecule has 0 saturated heterocycles. The molecule has 0 fully saturated rings. The summed E-state index contributed by atoms with van der Waals surface area (Å²) in [6, 6.07) is 0. The second kappa shape index (κ2) is 45.5. The summed E-state index contributed by atoms with van der Waals surface area (Å²) in [6.07, 6.45) is 47.0. The molecule has 0 aromatic carbocycles. The van der Waals surface area contributed by atoms with E-state index < -0.39 is 6.10 Å². The topological polar surface area (TPSA) is 78.9 Å². The van der Waals surface area contributed by atoms with Gasteiger partial charge in [-0.3, -0.25) is 14.4 Å². The smallest absolute Gasteiger partial charge is 0.306 e. The van der Waals surface area contributed by atoms with Crippen molar-refractivity contribution in [1.29, 1.82) is 0 Å². The lowest BCUT2D eigenvalue weighted by Crippen LogP contribution is -2.30. The lowest BCUT2D eigenvalue weighted by molar-refractivity contribution is -0.167. The van der Waals surface area contributed by atoms with Crippen molar-refractivity contribution in [2.75, 3.05) is 13.2 Å². The first-order valence-corrected chi connectivity index (χ1v) is 25.4. The molecule has 0 aliphatic rings. The van der Waals surface area contributed by atoms with Crippen LogP contribution in [0.2, 0.25) is 0 Å². The molecular weight excluding hydrogens is 709 g/mol. The normalized spacial score (nSPS) is 11.9. The van der Waals surface area contributed by atoms with E-state index in [1.54, 1.807) is 0 Å². The summed E-state index contributed by atoms with van der Waals surface area (Å²) >= 11 is 0. The molecule has 0 heterocycles. The molecule has 6 heteroatoms. The van der Waals surface area contributed by atoms with Gasteiger partial charge < -0.3 is 14.2 Å². The minimum atomic E-state index is -0.758. The molecule has 0 aliphatic carbocycles. The Labute approximate surface area is 355 Å². The molecule has 0 bridgehead atoms. The quantitative estimate of drug-likeness (QED) is 0.0346. The van der Waals surface area contributed by atoms with Gasteiger partial charge in [0.2, 0.25) is 0 Å². The molecule has 0 radical (unpaired) electrons. The maximum atomic E-state index is 12.6. The van der Waals surface area contributed by atoms with Gasteiger partial charge in [-0.1, -0.05) is 246 Å². The van der Waals surface area contributed by atoms with Crippen LogP contribution in [-0.2, 0) is 28.6 Å². The van der Waals surface area contributed by atoms with Crippen LogP contribution < -0.4 is 0 Å². The number of esters is 3. The average Bonchev–Trinajstić information content (AvgIpc) is 3.19. The molecule has 0 aromatic heterocycles. The van der Waals surface area contributed by atoms with Crippen molar-refractivity contribution >= 4 is 17.9 Å². The van der Waals surface area contributed by atoms with Gasteiger partial charge in [0.1, 0.15) is 13.2 Å². The van der Waals surface area contributed by atoms with Crippen LogP contribution in [0.5, 0.6) is 0 Å². The molecule has 0 saturated carbocycles. The predicted octanol–water partition coefficient (Wildman–Crippen LogP) is 16.3. The molecule has 0 rings (SSSR count). The zero-order valence-electron chi connectivity index (χ0n) is 38.8. The molecule has 338 valence electrons. The highest BCUT2D eigenvalue weighted by Crippen LogP contribution is 2.17. The van der Waals surface area contributed by atoms with Crippen LogP contribution in [0.25, 0.3) is 0 Å². The third kappa shape index (κ3) is 45.3. The first kappa shape index (κ1) is 55.4. The molecule has 0 unspecified atom stereocenters. The van der Waals surface area contributed by atoms with Crippen molar-refractivity contribution in [2.45, 2.75) is 291 Å². The Morgan fingerprint density at radius 2 is 0.579 bits per heavy atom. The molecule has 0 N–H and O–H groups in total. The van der Waals surface area contributed by atoms with E-state index in [1.807, 2.05) is 0 Å². The zero-order valence-corrected chi connectivity index (χ0v) is 38.8. The summed E-state index contributed by atoms with van der Waals surface area (Å²) in [4.78, 5) is 37.6. The number of rotatable bonds is 46. The van der Waals surface area contributed by atoms with Gasteiger partial charge in [0.15, 0.2) is 6.10 Å². The summed E-state index contributed by atoms with van der Waals surface area (Å²) in [6.45, 7) is 8.95. The highest BCUT2D eigenvalue weighted by Gasteiger charge is 2.19. The van der Waals surface area contributed by atoms with Crippen LogP contribution >= 0.6 is 0 Å². The van der Waals surface area contributed by atoms with E-state index in [9.17, 15) is 14.4 Å². The van der Waals surface area contributed by atoms with Crippen molar-refractivity contribution < 1.29 is 28.6 Å². The molecular formula is C51H98O6. The average molecular weight is 807 g/mol. The number of carbonyl (C=O) groups excluding carboxylic acids is 3. The van der Waals surface area contributed by atoms with Gasteiger partial charge in [0, 0.05) is 19.3 Å². The van der Waals surface area contributed by atoms with Gasteiger partial charge >= 0.3 is 17.9 Å². The van der Waals surface area contributed by atoms with E-state index in [0.717, 1.165) is 70.1 Å². The predicted molar refractivity (Wildman–Crippen MR) is 243 cm³/mol. The van der Waals surface area contributed by atoms with Crippen LogP contribution in [0.1, 0.15) is 285 Å². The molecule has 57 heavy (non-hydrogen) atoms. The molecule has 0 aromatic rings. The van der Waals surface area contributed by atoms with Crippen molar-refractivity contribution in [3.05, 3.63) is 0 Å². The summed E-state index contributed by atoms with van der Waals surface area (Å²) < 4.78 is 16.7. The van der Waals surface area contributed by atoms with Gasteiger partial charge in [-0.05, 0) is 25.2 Å². The fraction of sp³-hybridized carbons (Fsp3) is 0.941. The molecule has 0 spiro atoms. The fourth-order valence-electron chi connectivity index (χ4n) is 7.69. The van der Waals surface area contributed by atoms with Gasteiger partial charge in [0.05, 0.1) is 0 Å². The van der Waals surface area contributed by atoms with Crippen molar-refractivity contribution in [3.63, 3.8) is 0 Å². The Morgan fingerprint density at radius 3 is 0.860 bits per heavy atom. The second-order valence-corrected chi connectivity index (χ2v) is 17.9. The van der Waals surface area contributed by atoms with Crippen LogP contribution in [-0.4, -0.2) is 37.2 Å². The fourth-order valence-corrected chi connectivity index (χ4v) is 7.69. The summed E-state index contributed by atoms with van der Waals surface area (Å²) in [5.74, 6) is -0.0217. The number of unbranched alkanes of at least 4 members (excludes halogenated alkanes) is 33. The maximum Gasteiger partial charge on any atom is 0.306 e. The standard InChI is InChI=1S/C51H98O6/c1-5-7-9-11-12-13-14-15-16-17-18-19-22-25-28-31-35-38-42-49(52)55-45-48(57-51(54)44-40-33-10-8-6-2)46-56-50(53)43-39-36-32-29-26-23-20-21-24-27-30-34-37-41-47(3)4/h47-48H,5-46H2,1-4H3/t48-/m0/s1. The van der Waals surface area contributed by atoms with E-state index in [4.69, 9.17) is 14.2 Å². The maximum absolute atomic E-state index is 12.6. The highest BCUT2D eigenvalue weighted by atomic mass is 16.6. The van der Waals surface area contributed by atoms with Crippen molar-refractivity contribution in [1.82, 2.24) is 0 Å². The Kier molecular flexibility index (Phi) is 44.2. The molecule has 6 nitrogen and oxygen atoms in total. The van der Waals surface area contributed by atoms with E-state index in [2.05, 4.69) is 27.7 Å². The highest BCUT2D eigenvalue weighted by molar-refractivity contribution is 5.71. The Bertz CT molecular complexity index is 857. The van der Waals surface area contributed by atoms with E-state index in [1.165, 1.54) is 173 Å². The lowest BCUT2D eigenvalue weighted by atomic mass is 10.0. The second-order valence-electron chi connectivity index (χ2n) is 17.9. The van der Waals surface area contributed by atoms with Crippen LogP contribution in [0.4, 0.5) is 0 Å². The molecule has 0 amide bonds. The number of hydrogen-bond donors (Lipinski definition) is 0. The molecule has 1 atom stereocenters.